The van der Waals surface area contributed by atoms with Gasteiger partial charge in [0.05, 0.1) is 0 Å². The first-order valence-corrected chi connectivity index (χ1v) is 0. The molecule has 0 aliphatic carbocycles. The molecular formula is H12N4Zr4. The summed E-state index contributed by atoms with van der Waals surface area (Å²) < 4.78 is 0. The van der Waals surface area contributed by atoms with Gasteiger partial charge in [-0.25, -0.2) is 0 Å². The van der Waals surface area contributed by atoms with Crippen LogP contribution in [0, 0.1) is 0 Å². The van der Waals surface area contributed by atoms with Crippen molar-refractivity contribution < 1.29 is 105 Å². The van der Waals surface area contributed by atoms with E-state index in [1.807, 2.05) is 0 Å². The summed E-state index contributed by atoms with van der Waals surface area (Å²) in [4.78, 5) is 0. The standard InChI is InChI=1S/4H3N.4Zr/h4*1H3;;;;. The molecule has 0 bridgehead atoms. The zero-order chi connectivity index (χ0) is 0. The molecule has 0 saturated carbocycles. The Balaban J connectivity index is 0. The summed E-state index contributed by atoms with van der Waals surface area (Å²) >= 11 is 0. The van der Waals surface area contributed by atoms with Crippen LogP contribution in [0.2, 0.25) is 0 Å². The van der Waals surface area contributed by atoms with Crippen LogP contribution in [0.4, 0.5) is 0 Å². The average molecular weight is 433 g/mol. The third kappa shape index (κ3) is 57.8. The van der Waals surface area contributed by atoms with Gasteiger partial charge in [-0.05, 0) is 0 Å². The molecule has 0 aliphatic heterocycles. The molecular weight excluding hydrogens is 421 g/mol. The Morgan fingerprint density at radius 2 is 0.250 bits per heavy atom. The van der Waals surface area contributed by atoms with E-state index in [-0.39, 0.29) is 129 Å². The van der Waals surface area contributed by atoms with Crippen molar-refractivity contribution in [2.75, 3.05) is 0 Å². The molecule has 0 radical (unpaired) electrons. The zero-order valence-corrected chi connectivity index (χ0v) is 14.7. The van der Waals surface area contributed by atoms with E-state index in [0.29, 0.717) is 0 Å². The minimum absolute atomic E-state index is 0. The summed E-state index contributed by atoms with van der Waals surface area (Å²) in [6.07, 6.45) is 0. The second-order valence-electron chi connectivity index (χ2n) is 0. The minimum atomic E-state index is 0. The van der Waals surface area contributed by atoms with Gasteiger partial charge in [0, 0.05) is 105 Å². The average Bonchev–Trinajstić information content (AvgIpc) is 0. The molecule has 0 aliphatic rings. The van der Waals surface area contributed by atoms with Crippen LogP contribution in [0.25, 0.3) is 0 Å². The van der Waals surface area contributed by atoms with Crippen LogP contribution in [0.1, 0.15) is 0 Å². The van der Waals surface area contributed by atoms with Crippen LogP contribution >= 0.6 is 0 Å². The minimum Gasteiger partial charge on any atom is -0.344 e. The van der Waals surface area contributed by atoms with Gasteiger partial charge >= 0.3 is 0 Å². The maximum absolute atomic E-state index is 0. The van der Waals surface area contributed by atoms with Gasteiger partial charge < -0.3 is 24.6 Å². The maximum Gasteiger partial charge on any atom is 0 e. The third-order valence-electron chi connectivity index (χ3n) is 0. The van der Waals surface area contributed by atoms with Crippen molar-refractivity contribution in [3.63, 3.8) is 0 Å². The van der Waals surface area contributed by atoms with Gasteiger partial charge in [-0.3, -0.25) is 0 Å². The van der Waals surface area contributed by atoms with E-state index >= 15 is 0 Å². The first kappa shape index (κ1) is 108. The molecule has 0 aromatic rings. The van der Waals surface area contributed by atoms with Gasteiger partial charge in [0.1, 0.15) is 0 Å². The molecule has 0 rings (SSSR count). The number of hydrogen-bond acceptors (Lipinski definition) is 4. The van der Waals surface area contributed by atoms with Crippen molar-refractivity contribution in [1.29, 1.82) is 0 Å². The summed E-state index contributed by atoms with van der Waals surface area (Å²) in [7, 11) is 0. The SMILES string of the molecule is N.N.N.N.[Zr].[Zr].[Zr].[Zr]. The van der Waals surface area contributed by atoms with E-state index in [2.05, 4.69) is 0 Å². The molecule has 0 spiro atoms. The quantitative estimate of drug-likeness (QED) is 0.445. The Bertz CT molecular complexity index is 8.00. The van der Waals surface area contributed by atoms with Crippen molar-refractivity contribution in [1.82, 2.24) is 24.6 Å². The van der Waals surface area contributed by atoms with Crippen molar-refractivity contribution >= 4 is 0 Å². The molecule has 0 aromatic heterocycles. The second-order valence-corrected chi connectivity index (χ2v) is 0. The fourth-order valence-corrected chi connectivity index (χ4v) is 0. The largest absolute Gasteiger partial charge is 0.344 e. The molecule has 0 saturated heterocycles. The van der Waals surface area contributed by atoms with Gasteiger partial charge in [-0.2, -0.15) is 0 Å². The van der Waals surface area contributed by atoms with Crippen LogP contribution in [0.15, 0.2) is 0 Å². The molecule has 8 heteroatoms. The van der Waals surface area contributed by atoms with E-state index in [1.54, 1.807) is 0 Å². The van der Waals surface area contributed by atoms with Gasteiger partial charge in [0.25, 0.3) is 0 Å². The fourth-order valence-electron chi connectivity index (χ4n) is 0. The molecule has 0 fully saturated rings. The molecule has 8 heavy (non-hydrogen) atoms. The van der Waals surface area contributed by atoms with Crippen LogP contribution in [0.5, 0.6) is 0 Å². The molecule has 4 nitrogen and oxygen atoms in total. The number of hydrogen-bond donors (Lipinski definition) is 4. The summed E-state index contributed by atoms with van der Waals surface area (Å²) in [5.41, 5.74) is 0. The van der Waals surface area contributed by atoms with E-state index in [1.165, 1.54) is 0 Å². The molecule has 0 heterocycles. The topological polar surface area (TPSA) is 140 Å². The predicted octanol–water partition coefficient (Wildman–Crippen LogP) is 0.638. The third-order valence-corrected chi connectivity index (χ3v) is 0. The number of rotatable bonds is 0. The Hall–Kier alpha value is 3.37. The van der Waals surface area contributed by atoms with E-state index in [4.69, 9.17) is 0 Å². The zero-order valence-electron chi connectivity index (χ0n) is 4.83. The monoisotopic (exact) mass is 428 g/mol. The molecule has 0 atom stereocenters. The van der Waals surface area contributed by atoms with Crippen LogP contribution in [-0.4, -0.2) is 0 Å². The van der Waals surface area contributed by atoms with Crippen LogP contribution < -0.4 is 24.6 Å². The Morgan fingerprint density at radius 1 is 0.250 bits per heavy atom. The van der Waals surface area contributed by atoms with Crippen molar-refractivity contribution in [3.8, 4) is 0 Å². The van der Waals surface area contributed by atoms with Gasteiger partial charge in [0.15, 0.2) is 0 Å². The van der Waals surface area contributed by atoms with Crippen molar-refractivity contribution in [2.24, 2.45) is 0 Å². The van der Waals surface area contributed by atoms with Gasteiger partial charge in [0.2, 0.25) is 0 Å². The molecule has 12 N–H and O–H groups in total. The first-order chi connectivity index (χ1) is 0. The summed E-state index contributed by atoms with van der Waals surface area (Å²) in [5, 5.41) is 0. The van der Waals surface area contributed by atoms with Gasteiger partial charge in [-0.1, -0.05) is 0 Å². The van der Waals surface area contributed by atoms with Crippen molar-refractivity contribution in [2.45, 2.75) is 0 Å². The van der Waals surface area contributed by atoms with E-state index in [0.717, 1.165) is 0 Å². The summed E-state index contributed by atoms with van der Waals surface area (Å²) in [6.45, 7) is 0. The molecule has 48 valence electrons. The first-order valence-electron chi connectivity index (χ1n) is 0. The normalized spacial score (nSPS) is 0. The maximum atomic E-state index is 0. The Morgan fingerprint density at radius 3 is 0.250 bits per heavy atom. The summed E-state index contributed by atoms with van der Waals surface area (Å²) in [6, 6.07) is 0. The Kier molecular flexibility index (Phi) is 1080. The Labute approximate surface area is 127 Å². The molecule has 0 aromatic carbocycles. The molecule has 0 amide bonds. The van der Waals surface area contributed by atoms with E-state index in [9.17, 15) is 0 Å². The van der Waals surface area contributed by atoms with Gasteiger partial charge in [-0.15, -0.1) is 0 Å². The van der Waals surface area contributed by atoms with Crippen LogP contribution in [-0.2, 0) is 105 Å². The summed E-state index contributed by atoms with van der Waals surface area (Å²) in [5.74, 6) is 0. The van der Waals surface area contributed by atoms with Crippen molar-refractivity contribution in [3.05, 3.63) is 0 Å². The second kappa shape index (κ2) is 80.1. The smallest absolute Gasteiger partial charge is 0 e. The predicted molar refractivity (Wildman–Crippen MR) is 20.1 cm³/mol. The fraction of sp³-hybridized carbons (Fsp3) is 0. The van der Waals surface area contributed by atoms with Crippen LogP contribution in [0.3, 0.4) is 0 Å². The van der Waals surface area contributed by atoms with E-state index < -0.39 is 0 Å². The molecule has 0 unspecified atom stereocenters.